The molecular weight excluding hydrogens is 390 g/mol. The molecule has 1 aromatic heterocycles. The lowest BCUT2D eigenvalue weighted by molar-refractivity contribution is 0.101. The molecule has 0 saturated heterocycles. The van der Waals surface area contributed by atoms with E-state index in [2.05, 4.69) is 15.5 Å². The van der Waals surface area contributed by atoms with Crippen LogP contribution in [0.1, 0.15) is 20.7 Å². The summed E-state index contributed by atoms with van der Waals surface area (Å²) < 4.78 is 0.637. The van der Waals surface area contributed by atoms with Gasteiger partial charge >= 0.3 is 0 Å². The SMILES string of the molecule is O=C(CSc1nnc(NC(=O)c2ccc3ccccc3c2)s1)c1ccccc1. The lowest BCUT2D eigenvalue weighted by Crippen LogP contribution is -2.11. The Kier molecular flexibility index (Phi) is 5.45. The number of nitrogens with one attached hydrogen (secondary N) is 1. The molecule has 28 heavy (non-hydrogen) atoms. The molecule has 0 atom stereocenters. The first kappa shape index (κ1) is 18.3. The predicted molar refractivity (Wildman–Crippen MR) is 113 cm³/mol. The number of benzene rings is 3. The van der Waals surface area contributed by atoms with Gasteiger partial charge in [-0.3, -0.25) is 14.9 Å². The van der Waals surface area contributed by atoms with E-state index < -0.39 is 0 Å². The molecule has 0 unspecified atom stereocenters. The summed E-state index contributed by atoms with van der Waals surface area (Å²) in [6, 6.07) is 22.5. The number of hydrogen-bond donors (Lipinski definition) is 1. The molecule has 4 aromatic rings. The number of nitrogens with zero attached hydrogens (tertiary/aromatic N) is 2. The predicted octanol–water partition coefficient (Wildman–Crippen LogP) is 4.92. The number of thioether (sulfide) groups is 1. The highest BCUT2D eigenvalue weighted by Crippen LogP contribution is 2.26. The monoisotopic (exact) mass is 405 g/mol. The van der Waals surface area contributed by atoms with Crippen molar-refractivity contribution in [2.45, 2.75) is 4.34 Å². The minimum atomic E-state index is -0.237. The second-order valence-electron chi connectivity index (χ2n) is 5.97. The van der Waals surface area contributed by atoms with E-state index >= 15 is 0 Å². The van der Waals surface area contributed by atoms with Crippen LogP contribution in [0.25, 0.3) is 10.8 Å². The maximum Gasteiger partial charge on any atom is 0.257 e. The van der Waals surface area contributed by atoms with Crippen LogP contribution in [0, 0.1) is 0 Å². The van der Waals surface area contributed by atoms with E-state index in [0.717, 1.165) is 10.8 Å². The zero-order valence-electron chi connectivity index (χ0n) is 14.7. The fourth-order valence-electron chi connectivity index (χ4n) is 2.65. The summed E-state index contributed by atoms with van der Waals surface area (Å²) in [7, 11) is 0. The van der Waals surface area contributed by atoms with Gasteiger partial charge in [-0.1, -0.05) is 83.8 Å². The Labute approximate surface area is 169 Å². The van der Waals surface area contributed by atoms with Crippen molar-refractivity contribution < 1.29 is 9.59 Å². The first-order valence-corrected chi connectivity index (χ1v) is 10.3. The Bertz CT molecular complexity index is 1140. The van der Waals surface area contributed by atoms with E-state index in [1.807, 2.05) is 54.6 Å². The van der Waals surface area contributed by atoms with Gasteiger partial charge in [-0.25, -0.2) is 0 Å². The molecule has 0 bridgehead atoms. The summed E-state index contributed by atoms with van der Waals surface area (Å²) in [5.74, 6) is 0.0680. The Hall–Kier alpha value is -3.03. The minimum absolute atomic E-state index is 0.0301. The van der Waals surface area contributed by atoms with Gasteiger partial charge in [-0.05, 0) is 22.9 Å². The van der Waals surface area contributed by atoms with Crippen molar-refractivity contribution in [1.82, 2.24) is 10.2 Å². The molecule has 1 heterocycles. The van der Waals surface area contributed by atoms with Gasteiger partial charge in [0.1, 0.15) is 0 Å². The van der Waals surface area contributed by atoms with Gasteiger partial charge in [0.2, 0.25) is 5.13 Å². The molecule has 0 aliphatic heterocycles. The fraction of sp³-hybridized carbons (Fsp3) is 0.0476. The van der Waals surface area contributed by atoms with Crippen LogP contribution in [-0.4, -0.2) is 27.6 Å². The number of fused-ring (bicyclic) bond motifs is 1. The van der Waals surface area contributed by atoms with Crippen LogP contribution in [0.3, 0.4) is 0 Å². The summed E-state index contributed by atoms with van der Waals surface area (Å²) in [6.07, 6.45) is 0. The normalized spacial score (nSPS) is 10.7. The summed E-state index contributed by atoms with van der Waals surface area (Å²) >= 11 is 2.57. The molecule has 7 heteroatoms. The van der Waals surface area contributed by atoms with Crippen molar-refractivity contribution >= 4 is 50.7 Å². The molecule has 0 spiro atoms. The molecular formula is C21H15N3O2S2. The summed E-state index contributed by atoms with van der Waals surface area (Å²) in [5, 5.41) is 13.3. The number of carbonyl (C=O) groups is 2. The Morgan fingerprint density at radius 3 is 2.43 bits per heavy atom. The first-order chi connectivity index (χ1) is 13.7. The highest BCUT2D eigenvalue weighted by atomic mass is 32.2. The van der Waals surface area contributed by atoms with Crippen molar-refractivity contribution in [3.8, 4) is 0 Å². The van der Waals surface area contributed by atoms with Crippen LogP contribution in [0.5, 0.6) is 0 Å². The molecule has 0 aliphatic carbocycles. The molecule has 138 valence electrons. The van der Waals surface area contributed by atoms with Crippen molar-refractivity contribution in [1.29, 1.82) is 0 Å². The maximum atomic E-state index is 12.5. The number of hydrogen-bond acceptors (Lipinski definition) is 6. The molecule has 1 amide bonds. The molecule has 5 nitrogen and oxygen atoms in total. The van der Waals surface area contributed by atoms with Crippen LogP contribution in [0.2, 0.25) is 0 Å². The number of anilines is 1. The van der Waals surface area contributed by atoms with Crippen molar-refractivity contribution in [2.24, 2.45) is 0 Å². The lowest BCUT2D eigenvalue weighted by atomic mass is 10.1. The number of rotatable bonds is 6. The molecule has 0 radical (unpaired) electrons. The number of carbonyl (C=O) groups excluding carboxylic acids is 2. The van der Waals surface area contributed by atoms with Gasteiger partial charge in [0.15, 0.2) is 10.1 Å². The third-order valence-electron chi connectivity index (χ3n) is 4.06. The fourth-order valence-corrected chi connectivity index (χ4v) is 4.29. The largest absolute Gasteiger partial charge is 0.296 e. The summed E-state index contributed by atoms with van der Waals surface area (Å²) in [5.41, 5.74) is 1.23. The van der Waals surface area contributed by atoms with E-state index in [0.29, 0.717) is 20.6 Å². The van der Waals surface area contributed by atoms with Gasteiger partial charge < -0.3 is 0 Å². The van der Waals surface area contributed by atoms with Gasteiger partial charge in [-0.2, -0.15) is 0 Å². The van der Waals surface area contributed by atoms with Crippen molar-refractivity contribution in [3.63, 3.8) is 0 Å². The lowest BCUT2D eigenvalue weighted by Gasteiger charge is -2.03. The standard InChI is InChI=1S/C21H15N3O2S2/c25-18(15-7-2-1-3-8-15)13-27-21-24-23-20(28-21)22-19(26)17-11-10-14-6-4-5-9-16(14)12-17/h1-12H,13H2,(H,22,23,26). The van der Waals surface area contributed by atoms with Gasteiger partial charge in [0.05, 0.1) is 5.75 Å². The van der Waals surface area contributed by atoms with Gasteiger partial charge in [-0.15, -0.1) is 10.2 Å². The molecule has 0 aliphatic rings. The van der Waals surface area contributed by atoms with Crippen LogP contribution >= 0.6 is 23.1 Å². The highest BCUT2D eigenvalue weighted by molar-refractivity contribution is 8.01. The number of ketones is 1. The Morgan fingerprint density at radius 1 is 0.857 bits per heavy atom. The zero-order valence-corrected chi connectivity index (χ0v) is 16.3. The molecule has 3 aromatic carbocycles. The third-order valence-corrected chi connectivity index (χ3v) is 6.03. The van der Waals surface area contributed by atoms with Crippen LogP contribution in [-0.2, 0) is 0 Å². The maximum absolute atomic E-state index is 12.5. The van der Waals surface area contributed by atoms with E-state index in [9.17, 15) is 9.59 Å². The van der Waals surface area contributed by atoms with Gasteiger partial charge in [0, 0.05) is 11.1 Å². The number of Topliss-reactive ketones (excluding diaryl/α,β-unsaturated/α-hetero) is 1. The van der Waals surface area contributed by atoms with E-state index in [4.69, 9.17) is 0 Å². The second-order valence-corrected chi connectivity index (χ2v) is 8.17. The Balaban J connectivity index is 1.38. The summed E-state index contributed by atoms with van der Waals surface area (Å²) in [4.78, 5) is 24.6. The number of aromatic nitrogens is 2. The van der Waals surface area contributed by atoms with Crippen LogP contribution < -0.4 is 5.32 Å². The highest BCUT2D eigenvalue weighted by Gasteiger charge is 2.13. The second kappa shape index (κ2) is 8.33. The van der Waals surface area contributed by atoms with Gasteiger partial charge in [0.25, 0.3) is 5.91 Å². The van der Waals surface area contributed by atoms with Crippen molar-refractivity contribution in [2.75, 3.05) is 11.1 Å². The molecule has 0 saturated carbocycles. The van der Waals surface area contributed by atoms with E-state index in [1.54, 1.807) is 18.2 Å². The smallest absolute Gasteiger partial charge is 0.257 e. The van der Waals surface area contributed by atoms with Crippen LogP contribution in [0.15, 0.2) is 77.1 Å². The quantitative estimate of drug-likeness (QED) is 0.280. The third kappa shape index (κ3) is 4.27. The molecule has 0 fully saturated rings. The van der Waals surface area contributed by atoms with Crippen molar-refractivity contribution in [3.05, 3.63) is 83.9 Å². The minimum Gasteiger partial charge on any atom is -0.296 e. The van der Waals surface area contributed by atoms with E-state index in [1.165, 1.54) is 23.1 Å². The average molecular weight is 406 g/mol. The molecule has 4 rings (SSSR count). The Morgan fingerprint density at radius 2 is 1.61 bits per heavy atom. The first-order valence-electron chi connectivity index (χ1n) is 8.54. The number of amides is 1. The van der Waals surface area contributed by atoms with Crippen LogP contribution in [0.4, 0.5) is 5.13 Å². The molecule has 1 N–H and O–H groups in total. The zero-order chi connectivity index (χ0) is 19.3. The average Bonchev–Trinajstić information content (AvgIpc) is 3.19. The van der Waals surface area contributed by atoms with E-state index in [-0.39, 0.29) is 17.4 Å². The topological polar surface area (TPSA) is 72.0 Å². The summed E-state index contributed by atoms with van der Waals surface area (Å²) in [6.45, 7) is 0.